The molecule has 0 spiro atoms. The highest BCUT2D eigenvalue weighted by Gasteiger charge is 2.17. The van der Waals surface area contributed by atoms with Gasteiger partial charge in [-0.05, 0) is 30.3 Å². The minimum atomic E-state index is -0.482. The molecule has 0 amide bonds. The Kier molecular flexibility index (Phi) is 3.16. The van der Waals surface area contributed by atoms with E-state index < -0.39 is 5.97 Å². The van der Waals surface area contributed by atoms with Gasteiger partial charge >= 0.3 is 5.97 Å². The molecule has 0 bridgehead atoms. The summed E-state index contributed by atoms with van der Waals surface area (Å²) in [5.74, 6) is 0.144. The molecule has 3 rings (SSSR count). The number of ether oxygens (including phenoxy) is 1. The van der Waals surface area contributed by atoms with Crippen molar-refractivity contribution < 1.29 is 13.9 Å². The van der Waals surface area contributed by atoms with Gasteiger partial charge in [-0.25, -0.2) is 4.79 Å². The van der Waals surface area contributed by atoms with Crippen molar-refractivity contribution in [2.45, 2.75) is 0 Å². The zero-order valence-corrected chi connectivity index (χ0v) is 11.3. The van der Waals surface area contributed by atoms with Crippen LogP contribution in [0.15, 0.2) is 47.1 Å². The fourth-order valence-electron chi connectivity index (χ4n) is 2.03. The Morgan fingerprint density at radius 3 is 2.90 bits per heavy atom. The third kappa shape index (κ3) is 2.14. The molecule has 0 aliphatic rings. The van der Waals surface area contributed by atoms with Crippen LogP contribution in [-0.2, 0) is 4.74 Å². The van der Waals surface area contributed by atoms with E-state index in [2.05, 4.69) is 4.98 Å². The van der Waals surface area contributed by atoms with Gasteiger partial charge in [0.05, 0.1) is 7.11 Å². The fourth-order valence-corrected chi connectivity index (χ4v) is 2.26. The lowest BCUT2D eigenvalue weighted by Gasteiger charge is -2.01. The molecule has 0 fully saturated rings. The maximum Gasteiger partial charge on any atom is 0.341 e. The number of nitrogens with zero attached hydrogens (tertiary/aromatic N) is 1. The minimum absolute atomic E-state index is 0.310. The lowest BCUT2D eigenvalue weighted by Crippen LogP contribution is -2.01. The number of furan rings is 1. The third-order valence-electron chi connectivity index (χ3n) is 2.93. The highest BCUT2D eigenvalue weighted by molar-refractivity contribution is 6.32. The van der Waals surface area contributed by atoms with E-state index in [-0.39, 0.29) is 0 Å². The van der Waals surface area contributed by atoms with E-state index >= 15 is 0 Å². The monoisotopic (exact) mass is 287 g/mol. The number of hydrogen-bond donors (Lipinski definition) is 0. The summed E-state index contributed by atoms with van der Waals surface area (Å²) in [6.45, 7) is 0. The Labute approximate surface area is 119 Å². The molecule has 0 unspecified atom stereocenters. The molecule has 0 saturated carbocycles. The van der Waals surface area contributed by atoms with Crippen molar-refractivity contribution in [3.05, 3.63) is 53.3 Å². The molecule has 0 atom stereocenters. The summed E-state index contributed by atoms with van der Waals surface area (Å²) in [4.78, 5) is 15.8. The molecule has 0 saturated heterocycles. The Morgan fingerprint density at radius 1 is 1.35 bits per heavy atom. The number of benzene rings is 1. The van der Waals surface area contributed by atoms with Gasteiger partial charge in [0.2, 0.25) is 0 Å². The maximum absolute atomic E-state index is 11.8. The summed E-state index contributed by atoms with van der Waals surface area (Å²) < 4.78 is 10.5. The molecule has 1 aromatic carbocycles. The molecule has 20 heavy (non-hydrogen) atoms. The lowest BCUT2D eigenvalue weighted by atomic mass is 10.1. The predicted octanol–water partition coefficient (Wildman–Crippen LogP) is 3.93. The van der Waals surface area contributed by atoms with Crippen molar-refractivity contribution >= 4 is 28.5 Å². The van der Waals surface area contributed by atoms with Gasteiger partial charge in [-0.2, -0.15) is 0 Å². The second-order valence-corrected chi connectivity index (χ2v) is 4.65. The molecule has 5 heteroatoms. The molecular formula is C15H10ClNO3. The van der Waals surface area contributed by atoms with E-state index in [1.807, 2.05) is 18.2 Å². The normalized spacial score (nSPS) is 10.7. The van der Waals surface area contributed by atoms with Gasteiger partial charge in [-0.3, -0.25) is 4.98 Å². The first kappa shape index (κ1) is 12.7. The summed E-state index contributed by atoms with van der Waals surface area (Å²) in [5.41, 5.74) is 1.60. The van der Waals surface area contributed by atoms with Crippen LogP contribution in [-0.4, -0.2) is 18.1 Å². The van der Waals surface area contributed by atoms with E-state index in [4.69, 9.17) is 20.8 Å². The van der Waals surface area contributed by atoms with E-state index in [9.17, 15) is 4.79 Å². The molecule has 0 aliphatic heterocycles. The molecule has 2 heterocycles. The maximum atomic E-state index is 11.8. The molecule has 0 aliphatic carbocycles. The van der Waals surface area contributed by atoms with Gasteiger partial charge in [0.15, 0.2) is 0 Å². The van der Waals surface area contributed by atoms with Crippen molar-refractivity contribution in [1.82, 2.24) is 4.98 Å². The predicted molar refractivity (Wildman–Crippen MR) is 75.8 cm³/mol. The second kappa shape index (κ2) is 4.98. The van der Waals surface area contributed by atoms with Crippen LogP contribution in [0.5, 0.6) is 0 Å². The first-order valence-electron chi connectivity index (χ1n) is 5.91. The molecule has 0 N–H and O–H groups in total. The van der Waals surface area contributed by atoms with Crippen LogP contribution < -0.4 is 0 Å². The molecular weight excluding hydrogens is 278 g/mol. The number of fused-ring (bicyclic) bond motifs is 1. The fraction of sp³-hybridized carbons (Fsp3) is 0.0667. The lowest BCUT2D eigenvalue weighted by molar-refractivity contribution is 0.0602. The van der Waals surface area contributed by atoms with Crippen LogP contribution in [0, 0.1) is 0 Å². The van der Waals surface area contributed by atoms with Gasteiger partial charge in [-0.15, -0.1) is 0 Å². The number of hydrogen-bond acceptors (Lipinski definition) is 4. The standard InChI is InChI=1S/C15H10ClNO3/c1-19-15(18)12-7-11(16)5-10-6-13(20-14(10)12)9-3-2-4-17-8-9/h2-8H,1H3. The van der Waals surface area contributed by atoms with Gasteiger partial charge in [-0.1, -0.05) is 11.6 Å². The summed E-state index contributed by atoms with van der Waals surface area (Å²) in [5, 5.41) is 1.20. The van der Waals surface area contributed by atoms with E-state index in [0.717, 1.165) is 10.9 Å². The summed E-state index contributed by atoms with van der Waals surface area (Å²) in [6, 6.07) is 8.80. The summed E-state index contributed by atoms with van der Waals surface area (Å²) in [6.07, 6.45) is 3.38. The number of rotatable bonds is 2. The highest BCUT2D eigenvalue weighted by Crippen LogP contribution is 2.32. The number of carbonyl (C=O) groups is 1. The average molecular weight is 288 g/mol. The minimum Gasteiger partial charge on any atom is -0.465 e. The summed E-state index contributed by atoms with van der Waals surface area (Å²) in [7, 11) is 1.32. The molecule has 2 aromatic heterocycles. The SMILES string of the molecule is COC(=O)c1cc(Cl)cc2cc(-c3cccnc3)oc12. The first-order valence-corrected chi connectivity index (χ1v) is 6.28. The van der Waals surface area contributed by atoms with E-state index in [1.54, 1.807) is 18.5 Å². The summed E-state index contributed by atoms with van der Waals surface area (Å²) >= 11 is 6.02. The number of carbonyl (C=O) groups excluding carboxylic acids is 1. The van der Waals surface area contributed by atoms with Crippen molar-refractivity contribution in [2.24, 2.45) is 0 Å². The molecule has 100 valence electrons. The van der Waals surface area contributed by atoms with E-state index in [1.165, 1.54) is 13.2 Å². The van der Waals surface area contributed by atoms with Crippen LogP contribution in [0.25, 0.3) is 22.3 Å². The molecule has 4 nitrogen and oxygen atoms in total. The van der Waals surface area contributed by atoms with Crippen molar-refractivity contribution in [3.8, 4) is 11.3 Å². The van der Waals surface area contributed by atoms with Crippen LogP contribution in [0.3, 0.4) is 0 Å². The first-order chi connectivity index (χ1) is 9.69. The van der Waals surface area contributed by atoms with Crippen LogP contribution in [0.2, 0.25) is 5.02 Å². The van der Waals surface area contributed by atoms with Crippen molar-refractivity contribution in [2.75, 3.05) is 7.11 Å². The van der Waals surface area contributed by atoms with E-state index in [0.29, 0.717) is 21.9 Å². The largest absolute Gasteiger partial charge is 0.465 e. The highest BCUT2D eigenvalue weighted by atomic mass is 35.5. The van der Waals surface area contributed by atoms with Gasteiger partial charge in [0.1, 0.15) is 16.9 Å². The number of esters is 1. The molecule has 0 radical (unpaired) electrons. The number of methoxy groups -OCH3 is 1. The van der Waals surface area contributed by atoms with Crippen molar-refractivity contribution in [1.29, 1.82) is 0 Å². The van der Waals surface area contributed by atoms with Crippen LogP contribution in [0.1, 0.15) is 10.4 Å². The Hall–Kier alpha value is -2.33. The third-order valence-corrected chi connectivity index (χ3v) is 3.15. The van der Waals surface area contributed by atoms with Crippen LogP contribution in [0.4, 0.5) is 0 Å². The number of pyridine rings is 1. The Balaban J connectivity index is 2.23. The Morgan fingerprint density at radius 2 is 2.20 bits per heavy atom. The average Bonchev–Trinajstić information content (AvgIpc) is 2.90. The Bertz CT molecular complexity index is 780. The topological polar surface area (TPSA) is 52.3 Å². The quantitative estimate of drug-likeness (QED) is 0.670. The zero-order valence-electron chi connectivity index (χ0n) is 10.6. The molecule has 3 aromatic rings. The number of aromatic nitrogens is 1. The van der Waals surface area contributed by atoms with Crippen LogP contribution >= 0.6 is 11.6 Å². The number of halogens is 1. The smallest absolute Gasteiger partial charge is 0.341 e. The van der Waals surface area contributed by atoms with Gasteiger partial charge < -0.3 is 9.15 Å². The zero-order chi connectivity index (χ0) is 14.1. The van der Waals surface area contributed by atoms with Crippen molar-refractivity contribution in [3.63, 3.8) is 0 Å². The second-order valence-electron chi connectivity index (χ2n) is 4.22. The van der Waals surface area contributed by atoms with Gasteiger partial charge in [0, 0.05) is 28.4 Å². The van der Waals surface area contributed by atoms with Gasteiger partial charge in [0.25, 0.3) is 0 Å².